The van der Waals surface area contributed by atoms with E-state index in [1.54, 1.807) is 0 Å². The zero-order valence-corrected chi connectivity index (χ0v) is 11.1. The molecule has 0 radical (unpaired) electrons. The van der Waals surface area contributed by atoms with Crippen LogP contribution in [0.25, 0.3) is 10.2 Å². The molecule has 0 bridgehead atoms. The molecule has 2 aromatic heterocycles. The summed E-state index contributed by atoms with van der Waals surface area (Å²) in [5.74, 6) is -0.390. The van der Waals surface area contributed by atoms with Crippen LogP contribution in [0.3, 0.4) is 0 Å². The van der Waals surface area contributed by atoms with Crippen LogP contribution in [-0.2, 0) is 11.8 Å². The zero-order valence-electron chi connectivity index (χ0n) is 9.45. The fourth-order valence-electron chi connectivity index (χ4n) is 1.63. The fraction of sp³-hybridized carbons (Fsp3) is 0.273. The van der Waals surface area contributed by atoms with Gasteiger partial charge in [0.15, 0.2) is 6.04 Å². The van der Waals surface area contributed by atoms with Crippen molar-refractivity contribution < 1.29 is 14.5 Å². The molecule has 2 aromatic rings. The number of rotatable bonds is 2. The number of carboxylic acids is 1. The number of aromatic nitrogens is 2. The molecule has 1 aliphatic rings. The molecular weight excluding hydrogens is 270 g/mol. The predicted molar refractivity (Wildman–Crippen MR) is 70.1 cm³/mol. The summed E-state index contributed by atoms with van der Waals surface area (Å²) < 4.78 is 2.85. The summed E-state index contributed by atoms with van der Waals surface area (Å²) >= 11 is 2.97. The summed E-state index contributed by atoms with van der Waals surface area (Å²) in [4.78, 5) is 19.5. The Morgan fingerprint density at radius 1 is 1.67 bits per heavy atom. The predicted octanol–water partition coefficient (Wildman–Crippen LogP) is 0.868. The number of thiazole rings is 1. The molecule has 7 heteroatoms. The molecule has 0 saturated carbocycles. The summed E-state index contributed by atoms with van der Waals surface area (Å²) in [6.45, 7) is 0. The minimum atomic E-state index is -0.877. The van der Waals surface area contributed by atoms with Gasteiger partial charge in [-0.25, -0.2) is 4.79 Å². The van der Waals surface area contributed by atoms with Crippen LogP contribution >= 0.6 is 23.1 Å². The maximum Gasteiger partial charge on any atom is 0.329 e. The lowest BCUT2D eigenvalue weighted by atomic mass is 10.4. The normalized spacial score (nSPS) is 19.2. The molecule has 0 fully saturated rings. The molecule has 1 N–H and O–H groups in total. The van der Waals surface area contributed by atoms with Crippen molar-refractivity contribution in [2.45, 2.75) is 6.04 Å². The highest BCUT2D eigenvalue weighted by molar-refractivity contribution is 8.15. The molecule has 0 saturated heterocycles. The molecule has 1 unspecified atom stereocenters. The summed E-state index contributed by atoms with van der Waals surface area (Å²) in [7, 11) is 1.89. The summed E-state index contributed by atoms with van der Waals surface area (Å²) in [5, 5.41) is 10.4. The number of carbonyl (C=O) groups is 1. The van der Waals surface area contributed by atoms with E-state index in [0.29, 0.717) is 5.75 Å². The maximum absolute atomic E-state index is 10.8. The first-order chi connectivity index (χ1) is 8.63. The number of fused-ring (bicyclic) bond motifs is 1. The highest BCUT2D eigenvalue weighted by Crippen LogP contribution is 2.28. The lowest BCUT2D eigenvalue weighted by Crippen LogP contribution is -2.26. The Morgan fingerprint density at radius 2 is 2.50 bits per heavy atom. The van der Waals surface area contributed by atoms with Crippen molar-refractivity contribution in [1.82, 2.24) is 4.98 Å². The second kappa shape index (κ2) is 4.33. The Morgan fingerprint density at radius 3 is 3.22 bits per heavy atom. The van der Waals surface area contributed by atoms with Crippen LogP contribution in [0, 0.1) is 6.20 Å². The topological polar surface area (TPSA) is 66.4 Å². The third-order valence-corrected chi connectivity index (χ3v) is 4.72. The van der Waals surface area contributed by atoms with Gasteiger partial charge in [0.2, 0.25) is 0 Å². The van der Waals surface area contributed by atoms with E-state index < -0.39 is 12.0 Å². The van der Waals surface area contributed by atoms with Crippen LogP contribution in [0.4, 0.5) is 0 Å². The SMILES string of the molecule is C[n+]1[c-]cc2sc(C3=NC(C(=O)O)CS3)nc2c1. The Hall–Kier alpha value is -1.47. The van der Waals surface area contributed by atoms with Crippen molar-refractivity contribution in [3.63, 3.8) is 0 Å². The van der Waals surface area contributed by atoms with E-state index >= 15 is 0 Å². The van der Waals surface area contributed by atoms with Crippen molar-refractivity contribution in [3.8, 4) is 0 Å². The maximum atomic E-state index is 10.8. The average Bonchev–Trinajstić information content (AvgIpc) is 2.93. The van der Waals surface area contributed by atoms with Gasteiger partial charge in [0.05, 0.1) is 6.20 Å². The molecule has 0 spiro atoms. The highest BCUT2D eigenvalue weighted by atomic mass is 32.2. The number of aliphatic imine (C=N–C) groups is 1. The molecule has 0 amide bonds. The van der Waals surface area contributed by atoms with Gasteiger partial charge in [-0.3, -0.25) is 9.98 Å². The first-order valence-electron chi connectivity index (χ1n) is 5.25. The van der Waals surface area contributed by atoms with Gasteiger partial charge >= 0.3 is 5.97 Å². The molecule has 1 atom stereocenters. The van der Waals surface area contributed by atoms with Crippen LogP contribution < -0.4 is 4.57 Å². The van der Waals surface area contributed by atoms with Gasteiger partial charge in [0.1, 0.15) is 23.3 Å². The minimum Gasteiger partial charge on any atom is -0.480 e. The second-order valence-corrected chi connectivity index (χ2v) is 5.92. The van der Waals surface area contributed by atoms with Gasteiger partial charge in [0.25, 0.3) is 0 Å². The molecule has 5 nitrogen and oxygen atoms in total. The zero-order chi connectivity index (χ0) is 12.7. The molecule has 18 heavy (non-hydrogen) atoms. The van der Waals surface area contributed by atoms with Crippen molar-refractivity contribution in [1.29, 1.82) is 0 Å². The quantitative estimate of drug-likeness (QED) is 0.654. The number of nitrogens with zero attached hydrogens (tertiary/aromatic N) is 3. The summed E-state index contributed by atoms with van der Waals surface area (Å²) in [6.07, 6.45) is 4.94. The molecule has 3 rings (SSSR count). The molecule has 3 heterocycles. The average molecular weight is 279 g/mol. The third kappa shape index (κ3) is 1.99. The molecule has 1 aliphatic heterocycles. The second-order valence-electron chi connectivity index (χ2n) is 3.88. The van der Waals surface area contributed by atoms with Crippen LogP contribution in [0.5, 0.6) is 0 Å². The number of thioether (sulfide) groups is 1. The molecular formula is C11H9N3O2S2. The van der Waals surface area contributed by atoms with Crippen molar-refractivity contribution in [3.05, 3.63) is 23.5 Å². The largest absolute Gasteiger partial charge is 0.480 e. The van der Waals surface area contributed by atoms with Crippen LogP contribution in [0.1, 0.15) is 5.01 Å². The van der Waals surface area contributed by atoms with E-state index in [2.05, 4.69) is 16.2 Å². The Kier molecular flexibility index (Phi) is 2.79. The van der Waals surface area contributed by atoms with Crippen molar-refractivity contribution >= 4 is 44.3 Å². The van der Waals surface area contributed by atoms with Crippen molar-refractivity contribution in [2.75, 3.05) is 5.75 Å². The van der Waals surface area contributed by atoms with Gasteiger partial charge in [0, 0.05) is 11.3 Å². The smallest absolute Gasteiger partial charge is 0.329 e. The van der Waals surface area contributed by atoms with E-state index in [1.165, 1.54) is 23.1 Å². The van der Waals surface area contributed by atoms with Crippen LogP contribution in [-0.4, -0.2) is 32.9 Å². The van der Waals surface area contributed by atoms with Crippen molar-refractivity contribution in [2.24, 2.45) is 12.0 Å². The van der Waals surface area contributed by atoms with Gasteiger partial charge in [-0.2, -0.15) is 11.3 Å². The lowest BCUT2D eigenvalue weighted by molar-refractivity contribution is -0.674. The van der Waals surface area contributed by atoms with Gasteiger partial charge in [-0.15, -0.1) is 11.8 Å². The van der Waals surface area contributed by atoms with E-state index in [9.17, 15) is 4.79 Å². The third-order valence-electron chi connectivity index (χ3n) is 2.52. The lowest BCUT2D eigenvalue weighted by Gasteiger charge is -1.93. The Balaban J connectivity index is 2.00. The summed E-state index contributed by atoms with van der Waals surface area (Å²) in [5.41, 5.74) is 0.887. The fourth-order valence-corrected chi connectivity index (χ4v) is 3.64. The Labute approximate surface area is 111 Å². The molecule has 0 aliphatic carbocycles. The first kappa shape index (κ1) is 11.6. The summed E-state index contributed by atoms with van der Waals surface area (Å²) in [6, 6.07) is 1.24. The van der Waals surface area contributed by atoms with E-state index in [0.717, 1.165) is 20.3 Å². The van der Waals surface area contributed by atoms with E-state index in [4.69, 9.17) is 5.11 Å². The highest BCUT2D eigenvalue weighted by Gasteiger charge is 2.26. The van der Waals surface area contributed by atoms with Gasteiger partial charge < -0.3 is 9.67 Å². The molecule has 0 aromatic carbocycles. The number of pyridine rings is 1. The number of hydrogen-bond acceptors (Lipinski definition) is 5. The van der Waals surface area contributed by atoms with Gasteiger partial charge in [-0.1, -0.05) is 6.07 Å². The minimum absolute atomic E-state index is 0.487. The van der Waals surface area contributed by atoms with E-state index in [1.807, 2.05) is 23.9 Å². The van der Waals surface area contributed by atoms with E-state index in [-0.39, 0.29) is 0 Å². The molecule has 92 valence electrons. The van der Waals surface area contributed by atoms with Crippen LogP contribution in [0.15, 0.2) is 17.3 Å². The number of hydrogen-bond donors (Lipinski definition) is 1. The standard InChI is InChI=1S/C11H9N3O2S2/c1-14-3-2-8-6(4-14)12-10(18-8)9-13-7(5-17-9)11(15)16/h2,4,7H,5H2,1H3,(H,15,16). The monoisotopic (exact) mass is 279 g/mol. The van der Waals surface area contributed by atoms with Gasteiger partial charge in [-0.05, 0) is 4.70 Å². The number of carboxylic acid groups (broad SMARTS) is 1. The first-order valence-corrected chi connectivity index (χ1v) is 7.05. The Bertz CT molecular complexity index is 665. The van der Waals surface area contributed by atoms with Crippen LogP contribution in [0.2, 0.25) is 0 Å². The number of aliphatic carboxylic acids is 1. The number of aryl methyl sites for hydroxylation is 1.